The molecular weight excluding hydrogens is 275 g/mol. The van der Waals surface area contributed by atoms with Crippen molar-refractivity contribution in [3.63, 3.8) is 0 Å². The summed E-state index contributed by atoms with van der Waals surface area (Å²) in [7, 11) is 0. The van der Waals surface area contributed by atoms with Crippen molar-refractivity contribution in [2.24, 2.45) is 0 Å². The van der Waals surface area contributed by atoms with E-state index in [2.05, 4.69) is 13.8 Å². The van der Waals surface area contributed by atoms with Gasteiger partial charge in [-0.15, -0.1) is 0 Å². The van der Waals surface area contributed by atoms with Gasteiger partial charge in [0.15, 0.2) is 0 Å². The molecule has 1 unspecified atom stereocenters. The third-order valence-corrected chi connectivity index (χ3v) is 2.71. The van der Waals surface area contributed by atoms with Crippen molar-refractivity contribution >= 4 is 11.4 Å². The Bertz CT molecular complexity index is 143. The molecule has 3 nitrogen and oxygen atoms in total. The molecule has 0 heterocycles. The van der Waals surface area contributed by atoms with Gasteiger partial charge in [0.1, 0.15) is 0 Å². The minimum atomic E-state index is -2.86. The standard InChI is InChI=1S/C13H28.K.H2O3S/c1-3-5-7-9-11-13-12-10-8-6-4-2;;1-4(2)3/h3-13H2,1-2H3;;(H2,1,2,3)/q;+1;/p-1. The number of hydrogen-bond donors (Lipinski definition) is 1. The van der Waals surface area contributed by atoms with Crippen molar-refractivity contribution in [1.29, 1.82) is 0 Å². The van der Waals surface area contributed by atoms with Crippen LogP contribution < -0.4 is 51.4 Å². The van der Waals surface area contributed by atoms with Crippen LogP contribution in [0.3, 0.4) is 0 Å². The van der Waals surface area contributed by atoms with Crippen LogP contribution >= 0.6 is 0 Å². The van der Waals surface area contributed by atoms with Crippen LogP contribution in [0, 0.1) is 0 Å². The molecule has 106 valence electrons. The van der Waals surface area contributed by atoms with Gasteiger partial charge in [-0.2, -0.15) is 0 Å². The van der Waals surface area contributed by atoms with Crippen molar-refractivity contribution in [3.05, 3.63) is 0 Å². The zero-order chi connectivity index (χ0) is 13.4. The molecular formula is C13H29KO3S. The van der Waals surface area contributed by atoms with Gasteiger partial charge in [-0.25, -0.2) is 4.21 Å². The van der Waals surface area contributed by atoms with E-state index in [1.807, 2.05) is 0 Å². The van der Waals surface area contributed by atoms with E-state index in [0.29, 0.717) is 0 Å². The van der Waals surface area contributed by atoms with E-state index in [1.54, 1.807) is 0 Å². The first kappa shape index (κ1) is 24.7. The van der Waals surface area contributed by atoms with Crippen molar-refractivity contribution in [2.75, 3.05) is 0 Å². The Kier molecular flexibility index (Phi) is 32.6. The van der Waals surface area contributed by atoms with E-state index >= 15 is 0 Å². The van der Waals surface area contributed by atoms with Crippen LogP contribution in [0.2, 0.25) is 0 Å². The first-order valence-corrected chi connectivity index (χ1v) is 7.96. The molecule has 0 saturated heterocycles. The van der Waals surface area contributed by atoms with Crippen LogP contribution in [0.1, 0.15) is 84.5 Å². The molecule has 0 aliphatic carbocycles. The van der Waals surface area contributed by atoms with Gasteiger partial charge < -0.3 is 9.11 Å². The van der Waals surface area contributed by atoms with Crippen LogP contribution in [-0.2, 0) is 11.4 Å². The summed E-state index contributed by atoms with van der Waals surface area (Å²) < 4.78 is 24.1. The summed E-state index contributed by atoms with van der Waals surface area (Å²) in [5, 5.41) is 0. The second kappa shape index (κ2) is 23.8. The largest absolute Gasteiger partial charge is 1.00 e. The van der Waals surface area contributed by atoms with E-state index in [9.17, 15) is 0 Å². The predicted octanol–water partition coefficient (Wildman–Crippen LogP) is 1.66. The average molecular weight is 305 g/mol. The maximum absolute atomic E-state index is 8.56. The fourth-order valence-corrected chi connectivity index (χ4v) is 1.74. The van der Waals surface area contributed by atoms with E-state index in [1.165, 1.54) is 70.6 Å². The molecule has 0 aliphatic rings. The number of hydrogen-bond acceptors (Lipinski definition) is 2. The van der Waals surface area contributed by atoms with Gasteiger partial charge >= 0.3 is 51.4 Å². The van der Waals surface area contributed by atoms with Crippen molar-refractivity contribution < 1.29 is 64.7 Å². The second-order valence-corrected chi connectivity index (χ2v) is 4.83. The Morgan fingerprint density at radius 1 is 0.778 bits per heavy atom. The molecule has 5 heteroatoms. The number of rotatable bonds is 10. The molecule has 0 aromatic rings. The van der Waals surface area contributed by atoms with Gasteiger partial charge in [0.2, 0.25) is 0 Å². The summed E-state index contributed by atoms with van der Waals surface area (Å²) in [6, 6.07) is 0. The summed E-state index contributed by atoms with van der Waals surface area (Å²) in [6.07, 6.45) is 15.9. The quantitative estimate of drug-likeness (QED) is 0.379. The molecule has 0 aromatic carbocycles. The van der Waals surface area contributed by atoms with Crippen molar-refractivity contribution in [2.45, 2.75) is 84.5 Å². The maximum Gasteiger partial charge on any atom is 1.00 e. The summed E-state index contributed by atoms with van der Waals surface area (Å²) in [5.41, 5.74) is 0. The molecule has 1 N–H and O–H groups in total. The molecule has 0 rings (SSSR count). The van der Waals surface area contributed by atoms with Crippen molar-refractivity contribution in [1.82, 2.24) is 0 Å². The molecule has 1 atom stereocenters. The van der Waals surface area contributed by atoms with Crippen LogP contribution in [0.25, 0.3) is 0 Å². The molecule has 0 spiro atoms. The Morgan fingerprint density at radius 3 is 1.11 bits per heavy atom. The van der Waals surface area contributed by atoms with Gasteiger partial charge in [0.05, 0.1) is 11.4 Å². The summed E-state index contributed by atoms with van der Waals surface area (Å²) in [6.45, 7) is 4.56. The van der Waals surface area contributed by atoms with Crippen LogP contribution in [-0.4, -0.2) is 13.3 Å². The normalized spacial score (nSPS) is 11.1. The summed E-state index contributed by atoms with van der Waals surface area (Å²) in [5.74, 6) is 0. The smallest absolute Gasteiger partial charge is 0.750 e. The molecule has 0 radical (unpaired) electrons. The van der Waals surface area contributed by atoms with E-state index in [-0.39, 0.29) is 51.4 Å². The molecule has 0 bridgehead atoms. The second-order valence-electron chi connectivity index (χ2n) is 4.40. The minimum absolute atomic E-state index is 0. The fourth-order valence-electron chi connectivity index (χ4n) is 1.74. The average Bonchev–Trinajstić information content (AvgIpc) is 2.26. The zero-order valence-corrected chi connectivity index (χ0v) is 16.4. The SMILES string of the molecule is CCCCCCCCCCCCC.O=S([O-])O.[K+]. The van der Waals surface area contributed by atoms with Gasteiger partial charge in [-0.1, -0.05) is 84.5 Å². The van der Waals surface area contributed by atoms with Gasteiger partial charge in [0, 0.05) is 0 Å². The maximum atomic E-state index is 8.56. The Balaban J connectivity index is -0.000000392. The summed E-state index contributed by atoms with van der Waals surface area (Å²) >= 11 is -2.86. The zero-order valence-electron chi connectivity index (χ0n) is 12.5. The fraction of sp³-hybridized carbons (Fsp3) is 1.00. The molecule has 0 amide bonds. The van der Waals surface area contributed by atoms with E-state index in [4.69, 9.17) is 13.3 Å². The molecule has 0 saturated carbocycles. The summed E-state index contributed by atoms with van der Waals surface area (Å²) in [4.78, 5) is 0. The number of unbranched alkanes of at least 4 members (excludes halogenated alkanes) is 10. The Morgan fingerprint density at radius 2 is 0.944 bits per heavy atom. The predicted molar refractivity (Wildman–Crippen MR) is 73.7 cm³/mol. The van der Waals surface area contributed by atoms with Crippen molar-refractivity contribution in [3.8, 4) is 0 Å². The van der Waals surface area contributed by atoms with Gasteiger partial charge in [-0.05, 0) is 0 Å². The molecule has 0 aromatic heterocycles. The molecule has 0 fully saturated rings. The van der Waals surface area contributed by atoms with E-state index < -0.39 is 11.4 Å². The Labute approximate surface area is 158 Å². The minimum Gasteiger partial charge on any atom is -0.750 e. The van der Waals surface area contributed by atoms with Crippen LogP contribution in [0.4, 0.5) is 0 Å². The van der Waals surface area contributed by atoms with Crippen LogP contribution in [0.5, 0.6) is 0 Å². The van der Waals surface area contributed by atoms with Crippen LogP contribution in [0.15, 0.2) is 0 Å². The first-order valence-electron chi connectivity index (χ1n) is 6.93. The van der Waals surface area contributed by atoms with Gasteiger partial charge in [-0.3, -0.25) is 0 Å². The Hall–Kier alpha value is 1.71. The monoisotopic (exact) mass is 304 g/mol. The van der Waals surface area contributed by atoms with Gasteiger partial charge in [0.25, 0.3) is 0 Å². The third kappa shape index (κ3) is 36.1. The molecule has 0 aliphatic heterocycles. The topological polar surface area (TPSA) is 60.4 Å². The third-order valence-electron chi connectivity index (χ3n) is 2.71. The molecule has 18 heavy (non-hydrogen) atoms. The first-order chi connectivity index (χ1) is 8.15. The van der Waals surface area contributed by atoms with E-state index in [0.717, 1.165) is 0 Å².